The molecule has 0 amide bonds. The third-order valence-corrected chi connectivity index (χ3v) is 3.55. The van der Waals surface area contributed by atoms with Crippen LogP contribution in [0, 0.1) is 0 Å². The molecule has 8 heteroatoms. The number of hydrogen-bond donors (Lipinski definition) is 1. The first kappa shape index (κ1) is 13.0. The fraction of sp³-hybridized carbons (Fsp3) is 0.700. The van der Waals surface area contributed by atoms with Crippen LogP contribution < -0.4 is 5.32 Å². The SMILES string of the molecule is CCCc1nnsc1C(Cc1nnn(C)n1)NC. The van der Waals surface area contributed by atoms with E-state index >= 15 is 0 Å². The molecular formula is C10H17N7S. The van der Waals surface area contributed by atoms with Gasteiger partial charge in [-0.2, -0.15) is 4.80 Å². The highest BCUT2D eigenvalue weighted by Crippen LogP contribution is 2.23. The Morgan fingerprint density at radius 1 is 1.39 bits per heavy atom. The van der Waals surface area contributed by atoms with Gasteiger partial charge in [0, 0.05) is 6.42 Å². The predicted octanol–water partition coefficient (Wildman–Crippen LogP) is 0.517. The van der Waals surface area contributed by atoms with Crippen LogP contribution in [0.25, 0.3) is 0 Å². The van der Waals surface area contributed by atoms with Gasteiger partial charge in [0.05, 0.1) is 23.7 Å². The van der Waals surface area contributed by atoms with Crippen molar-refractivity contribution in [1.82, 2.24) is 35.1 Å². The first-order chi connectivity index (χ1) is 8.74. The predicted molar refractivity (Wildman–Crippen MR) is 68.2 cm³/mol. The summed E-state index contributed by atoms with van der Waals surface area (Å²) in [6.07, 6.45) is 2.72. The summed E-state index contributed by atoms with van der Waals surface area (Å²) in [6.45, 7) is 2.14. The molecule has 0 aromatic carbocycles. The van der Waals surface area contributed by atoms with Gasteiger partial charge in [-0.15, -0.1) is 15.3 Å². The molecule has 0 aliphatic rings. The Morgan fingerprint density at radius 3 is 2.83 bits per heavy atom. The number of aromatic nitrogens is 6. The molecule has 0 radical (unpaired) electrons. The van der Waals surface area contributed by atoms with Gasteiger partial charge in [0.25, 0.3) is 0 Å². The number of likely N-dealkylation sites (N-methyl/N-ethyl adjacent to an activating group) is 1. The maximum atomic E-state index is 4.20. The lowest BCUT2D eigenvalue weighted by molar-refractivity contribution is 0.572. The Hall–Kier alpha value is -1.41. The van der Waals surface area contributed by atoms with Gasteiger partial charge in [-0.1, -0.05) is 17.8 Å². The summed E-state index contributed by atoms with van der Waals surface area (Å²) in [5, 5.41) is 19.5. The molecule has 7 nitrogen and oxygen atoms in total. The summed E-state index contributed by atoms with van der Waals surface area (Å²) in [7, 11) is 3.69. The van der Waals surface area contributed by atoms with Crippen molar-refractivity contribution < 1.29 is 0 Å². The molecule has 0 saturated carbocycles. The first-order valence-electron chi connectivity index (χ1n) is 5.95. The minimum Gasteiger partial charge on any atom is -0.312 e. The van der Waals surface area contributed by atoms with Crippen molar-refractivity contribution in [3.63, 3.8) is 0 Å². The van der Waals surface area contributed by atoms with Crippen molar-refractivity contribution >= 4 is 11.5 Å². The van der Waals surface area contributed by atoms with E-state index in [0.717, 1.165) is 24.4 Å². The van der Waals surface area contributed by atoms with E-state index in [2.05, 4.69) is 37.2 Å². The molecule has 0 aliphatic heterocycles. The Labute approximate surface area is 110 Å². The van der Waals surface area contributed by atoms with Gasteiger partial charge >= 0.3 is 0 Å². The second-order valence-corrected chi connectivity index (χ2v) is 4.86. The van der Waals surface area contributed by atoms with E-state index in [1.807, 2.05) is 7.05 Å². The average Bonchev–Trinajstić information content (AvgIpc) is 2.96. The zero-order valence-electron chi connectivity index (χ0n) is 10.8. The van der Waals surface area contributed by atoms with Crippen molar-refractivity contribution in [3.05, 3.63) is 16.4 Å². The lowest BCUT2D eigenvalue weighted by Gasteiger charge is -2.12. The summed E-state index contributed by atoms with van der Waals surface area (Å²) in [5.74, 6) is 0.729. The zero-order valence-corrected chi connectivity index (χ0v) is 11.6. The molecule has 2 aromatic rings. The van der Waals surface area contributed by atoms with Crippen molar-refractivity contribution in [2.75, 3.05) is 7.05 Å². The third kappa shape index (κ3) is 2.88. The van der Waals surface area contributed by atoms with E-state index in [9.17, 15) is 0 Å². The molecule has 1 atom stereocenters. The second kappa shape index (κ2) is 5.96. The number of hydrogen-bond acceptors (Lipinski definition) is 7. The summed E-state index contributed by atoms with van der Waals surface area (Å²) in [4.78, 5) is 2.65. The molecule has 0 spiro atoms. The topological polar surface area (TPSA) is 81.4 Å². The fourth-order valence-electron chi connectivity index (χ4n) is 1.80. The van der Waals surface area contributed by atoms with E-state index in [4.69, 9.17) is 0 Å². The van der Waals surface area contributed by atoms with E-state index in [-0.39, 0.29) is 6.04 Å². The van der Waals surface area contributed by atoms with Crippen LogP contribution in [0.3, 0.4) is 0 Å². The molecule has 0 saturated heterocycles. The Morgan fingerprint density at radius 2 is 2.22 bits per heavy atom. The van der Waals surface area contributed by atoms with Crippen LogP contribution in [0.4, 0.5) is 0 Å². The number of nitrogens with one attached hydrogen (secondary N) is 1. The molecule has 1 unspecified atom stereocenters. The highest BCUT2D eigenvalue weighted by Gasteiger charge is 2.19. The normalized spacial score (nSPS) is 12.8. The van der Waals surface area contributed by atoms with Crippen molar-refractivity contribution in [1.29, 1.82) is 0 Å². The summed E-state index contributed by atoms with van der Waals surface area (Å²) < 4.78 is 4.05. The van der Waals surface area contributed by atoms with Crippen LogP contribution in [0.15, 0.2) is 0 Å². The van der Waals surface area contributed by atoms with Crippen LogP contribution in [0.2, 0.25) is 0 Å². The third-order valence-electron chi connectivity index (χ3n) is 2.67. The van der Waals surface area contributed by atoms with Crippen LogP contribution in [-0.4, -0.2) is 36.8 Å². The quantitative estimate of drug-likeness (QED) is 0.821. The van der Waals surface area contributed by atoms with Gasteiger partial charge in [0.15, 0.2) is 5.82 Å². The van der Waals surface area contributed by atoms with Crippen molar-refractivity contribution in [2.45, 2.75) is 32.2 Å². The van der Waals surface area contributed by atoms with E-state index in [0.29, 0.717) is 6.42 Å². The number of tetrazole rings is 1. The van der Waals surface area contributed by atoms with Gasteiger partial charge in [-0.25, -0.2) is 0 Å². The highest BCUT2D eigenvalue weighted by atomic mass is 32.1. The van der Waals surface area contributed by atoms with Gasteiger partial charge in [-0.05, 0) is 30.2 Å². The van der Waals surface area contributed by atoms with Crippen molar-refractivity contribution in [2.24, 2.45) is 7.05 Å². The smallest absolute Gasteiger partial charge is 0.176 e. The molecule has 2 heterocycles. The molecule has 0 bridgehead atoms. The molecule has 0 fully saturated rings. The summed E-state index contributed by atoms with van der Waals surface area (Å²) >= 11 is 1.44. The monoisotopic (exact) mass is 267 g/mol. The lowest BCUT2D eigenvalue weighted by Crippen LogP contribution is -2.20. The number of rotatable bonds is 6. The van der Waals surface area contributed by atoms with E-state index < -0.39 is 0 Å². The van der Waals surface area contributed by atoms with E-state index in [1.165, 1.54) is 21.2 Å². The maximum absolute atomic E-state index is 4.20. The molecule has 1 N–H and O–H groups in total. The Kier molecular flexibility index (Phi) is 4.32. The van der Waals surface area contributed by atoms with Gasteiger partial charge in [0.2, 0.25) is 0 Å². The largest absolute Gasteiger partial charge is 0.312 e. The van der Waals surface area contributed by atoms with Crippen LogP contribution >= 0.6 is 11.5 Å². The molecule has 98 valence electrons. The van der Waals surface area contributed by atoms with Gasteiger partial charge < -0.3 is 5.32 Å². The molecular weight excluding hydrogens is 250 g/mol. The van der Waals surface area contributed by atoms with Crippen LogP contribution in [0.1, 0.15) is 35.8 Å². The van der Waals surface area contributed by atoms with Crippen molar-refractivity contribution in [3.8, 4) is 0 Å². The van der Waals surface area contributed by atoms with Crippen LogP contribution in [0.5, 0.6) is 0 Å². The van der Waals surface area contributed by atoms with Gasteiger partial charge in [-0.3, -0.25) is 0 Å². The second-order valence-electron chi connectivity index (χ2n) is 4.07. The first-order valence-corrected chi connectivity index (χ1v) is 6.73. The lowest BCUT2D eigenvalue weighted by atomic mass is 10.1. The standard InChI is InChI=1S/C10H17N7S/c1-4-5-7-10(18-16-12-7)8(11-2)6-9-13-15-17(3)14-9/h8,11H,4-6H2,1-3H3. The Bertz CT molecular complexity index is 492. The molecule has 0 aliphatic carbocycles. The maximum Gasteiger partial charge on any atom is 0.176 e. The minimum absolute atomic E-state index is 0.149. The Balaban J connectivity index is 2.14. The number of nitrogens with zero attached hydrogens (tertiary/aromatic N) is 6. The molecule has 18 heavy (non-hydrogen) atoms. The summed E-state index contributed by atoms with van der Waals surface area (Å²) in [6, 6.07) is 0.149. The van der Waals surface area contributed by atoms with Gasteiger partial charge in [0.1, 0.15) is 0 Å². The molecule has 2 aromatic heterocycles. The van der Waals surface area contributed by atoms with Crippen LogP contribution in [-0.2, 0) is 19.9 Å². The fourth-order valence-corrected chi connectivity index (χ4v) is 2.61. The zero-order chi connectivity index (χ0) is 13.0. The highest BCUT2D eigenvalue weighted by molar-refractivity contribution is 7.05. The number of aryl methyl sites for hydroxylation is 2. The average molecular weight is 267 g/mol. The minimum atomic E-state index is 0.149. The molecule has 2 rings (SSSR count). The van der Waals surface area contributed by atoms with E-state index in [1.54, 1.807) is 7.05 Å². The summed E-state index contributed by atoms with van der Waals surface area (Å²) in [5.41, 5.74) is 1.07.